The zero-order chi connectivity index (χ0) is 40.1. The molecule has 0 spiro atoms. The van der Waals surface area contributed by atoms with Crippen molar-refractivity contribution in [2.45, 2.75) is 73.8 Å². The molecule has 4 aliphatic heterocycles. The molecule has 7 aliphatic rings. The third-order valence-electron chi connectivity index (χ3n) is 11.6. The van der Waals surface area contributed by atoms with E-state index in [4.69, 9.17) is 33.2 Å². The smallest absolute Gasteiger partial charge is 0.338 e. The fraction of sp³-hybridized carbons (Fsp3) is 0.432. The van der Waals surface area contributed by atoms with E-state index in [0.29, 0.717) is 0 Å². The third-order valence-corrected chi connectivity index (χ3v) is 11.6. The predicted molar refractivity (Wildman–Crippen MR) is 178 cm³/mol. The van der Waals surface area contributed by atoms with Crippen molar-refractivity contribution in [3.8, 4) is 34.5 Å². The molecule has 3 saturated carbocycles. The van der Waals surface area contributed by atoms with Crippen LogP contribution in [-0.2, 0) is 33.2 Å². The summed E-state index contributed by atoms with van der Waals surface area (Å²) in [6.45, 7) is 0.439. The highest BCUT2D eigenvalue weighted by Crippen LogP contribution is 2.81. The molecule has 0 radical (unpaired) electrons. The van der Waals surface area contributed by atoms with Crippen LogP contribution in [0.25, 0.3) is 0 Å². The number of rotatable bonds is 10. The predicted octanol–water partition coefficient (Wildman–Crippen LogP) is 0.605. The molecule has 11 atom stereocenters. The molecule has 9 N–H and O–H groups in total. The Morgan fingerprint density at radius 3 is 1.95 bits per heavy atom. The summed E-state index contributed by atoms with van der Waals surface area (Å²) >= 11 is 0. The maximum absolute atomic E-state index is 13.3. The van der Waals surface area contributed by atoms with E-state index < -0.39 is 135 Å². The van der Waals surface area contributed by atoms with Crippen molar-refractivity contribution in [2.75, 3.05) is 13.2 Å². The monoisotopic (exact) mass is 784 g/mol. The summed E-state index contributed by atoms with van der Waals surface area (Å²) in [5, 5.41) is 93.8. The molecule has 0 aromatic heterocycles. The topological polar surface area (TPSA) is 298 Å². The first kappa shape index (κ1) is 37.5. The number of benzene rings is 3. The molecule has 298 valence electrons. The lowest BCUT2D eigenvalue weighted by Crippen LogP contribution is -2.80. The van der Waals surface area contributed by atoms with Gasteiger partial charge in [-0.1, -0.05) is 18.2 Å². The highest BCUT2D eigenvalue weighted by molar-refractivity contribution is 5.92. The van der Waals surface area contributed by atoms with Gasteiger partial charge in [-0.05, 0) is 49.7 Å². The van der Waals surface area contributed by atoms with Gasteiger partial charge >= 0.3 is 17.9 Å². The maximum atomic E-state index is 13.3. The second-order valence-corrected chi connectivity index (χ2v) is 14.7. The second kappa shape index (κ2) is 12.8. The molecular formula is C37H36O19. The minimum atomic E-state index is -2.02. The van der Waals surface area contributed by atoms with Crippen LogP contribution in [0, 0.1) is 11.3 Å². The van der Waals surface area contributed by atoms with Crippen molar-refractivity contribution in [3.05, 3.63) is 71.3 Å². The third kappa shape index (κ3) is 5.34. The quantitative estimate of drug-likeness (QED) is 0.0773. The van der Waals surface area contributed by atoms with Crippen LogP contribution in [0.5, 0.6) is 34.5 Å². The van der Waals surface area contributed by atoms with Crippen molar-refractivity contribution >= 4 is 17.9 Å². The fourth-order valence-corrected chi connectivity index (χ4v) is 8.86. The number of aliphatic hydroxyl groups is 3. The first-order valence-corrected chi connectivity index (χ1v) is 17.3. The number of phenols is 6. The van der Waals surface area contributed by atoms with E-state index in [9.17, 15) is 60.3 Å². The average molecular weight is 785 g/mol. The molecule has 10 rings (SSSR count). The van der Waals surface area contributed by atoms with Crippen molar-refractivity contribution in [3.63, 3.8) is 0 Å². The molecule has 0 unspecified atom stereocenters. The molecule has 7 fully saturated rings. The van der Waals surface area contributed by atoms with Crippen molar-refractivity contribution in [2.24, 2.45) is 11.3 Å². The number of phenolic OH excluding ortho intramolecular Hbond substituents is 6. The van der Waals surface area contributed by atoms with E-state index in [-0.39, 0.29) is 25.0 Å². The minimum Gasteiger partial charge on any atom is -0.504 e. The lowest BCUT2D eigenvalue weighted by Gasteiger charge is -2.67. The zero-order valence-corrected chi connectivity index (χ0v) is 29.2. The maximum Gasteiger partial charge on any atom is 0.338 e. The van der Waals surface area contributed by atoms with E-state index in [1.54, 1.807) is 37.3 Å². The Kier molecular flexibility index (Phi) is 8.58. The average Bonchev–Trinajstić information content (AvgIpc) is 3.35. The summed E-state index contributed by atoms with van der Waals surface area (Å²) in [6, 6.07) is 11.2. The van der Waals surface area contributed by atoms with Gasteiger partial charge in [-0.25, -0.2) is 14.4 Å². The van der Waals surface area contributed by atoms with E-state index in [0.717, 1.165) is 24.3 Å². The number of hydrogen-bond donors (Lipinski definition) is 9. The van der Waals surface area contributed by atoms with Gasteiger partial charge in [0.05, 0.1) is 22.1 Å². The molecule has 4 saturated heterocycles. The van der Waals surface area contributed by atoms with Crippen molar-refractivity contribution < 1.29 is 93.5 Å². The summed E-state index contributed by atoms with van der Waals surface area (Å²) < 4.78 is 41.4. The van der Waals surface area contributed by atoms with Crippen LogP contribution in [0.1, 0.15) is 50.8 Å². The van der Waals surface area contributed by atoms with E-state index in [1.165, 1.54) is 0 Å². The number of esters is 3. The molecule has 3 aliphatic carbocycles. The Morgan fingerprint density at radius 2 is 1.34 bits per heavy atom. The molecular weight excluding hydrogens is 748 g/mol. The van der Waals surface area contributed by atoms with Gasteiger partial charge in [-0.3, -0.25) is 0 Å². The number of hydrogen-bond acceptors (Lipinski definition) is 19. The zero-order valence-electron chi connectivity index (χ0n) is 29.2. The van der Waals surface area contributed by atoms with Crippen molar-refractivity contribution in [1.82, 2.24) is 0 Å². The Morgan fingerprint density at radius 1 is 0.768 bits per heavy atom. The summed E-state index contributed by atoms with van der Waals surface area (Å²) in [5.41, 5.74) is -4.92. The molecule has 19 heteroatoms. The van der Waals surface area contributed by atoms with Crippen LogP contribution >= 0.6 is 0 Å². The molecule has 56 heavy (non-hydrogen) atoms. The first-order valence-electron chi connectivity index (χ1n) is 17.3. The van der Waals surface area contributed by atoms with Gasteiger partial charge in [0.1, 0.15) is 42.7 Å². The SMILES string of the molecule is C[C@@]12C[C@@]3(O)O[C@H](O1)[C@]1(COC(=O)c4ccccc4)[C@@H]3C[C@]12O[C@@H]1O[C@H](COC(=O)c2cc(O)c(O)c(O)c2)[C@@H](O)[C@H](OC(=O)c2cc(O)c(O)c(O)c2)[C@H]1O. The Balaban J connectivity index is 1.10. The van der Waals surface area contributed by atoms with Gasteiger partial charge in [0, 0.05) is 12.3 Å². The largest absolute Gasteiger partial charge is 0.504 e. The standard InChI is InChI=1S/C37H36O19/c1-34-13-36(49)23-11-37(34,35(23,33(55-34)56-36)14-51-29(46)15-5-3-2-4-6-15)54-32-27(45)28(53-31(48)17-9-20(40)25(43)21(41)10-17)26(44)22(52-32)12-50-30(47)16-7-18(38)24(42)19(39)8-16/h2-10,22-23,26-28,32-33,38-45,49H,11-14H2,1H3/t22-,23+,26-,27-,28+,32+,33+,34+,35+,36-,37-/m1/s1. The first-order chi connectivity index (χ1) is 26.4. The van der Waals surface area contributed by atoms with Gasteiger partial charge < -0.3 is 79.1 Å². The number of ether oxygens (including phenoxy) is 7. The Labute approximate surface area is 315 Å². The van der Waals surface area contributed by atoms with Crippen LogP contribution < -0.4 is 0 Å². The van der Waals surface area contributed by atoms with Gasteiger partial charge in [0.25, 0.3) is 0 Å². The van der Waals surface area contributed by atoms with E-state index >= 15 is 0 Å². The van der Waals surface area contributed by atoms with Crippen LogP contribution in [0.2, 0.25) is 0 Å². The van der Waals surface area contributed by atoms with Crippen molar-refractivity contribution in [1.29, 1.82) is 0 Å². The number of aliphatic hydroxyl groups excluding tert-OH is 2. The molecule has 0 amide bonds. The van der Waals surface area contributed by atoms with Crippen LogP contribution in [0.4, 0.5) is 0 Å². The minimum absolute atomic E-state index is 0.0402. The van der Waals surface area contributed by atoms with E-state index in [1.807, 2.05) is 0 Å². The summed E-state index contributed by atoms with van der Waals surface area (Å²) in [5.74, 6) is -10.8. The fourth-order valence-electron chi connectivity index (χ4n) is 8.86. The number of carbonyl (C=O) groups excluding carboxylic acids is 3. The van der Waals surface area contributed by atoms with E-state index in [2.05, 4.69) is 0 Å². The van der Waals surface area contributed by atoms with Gasteiger partial charge in [0.15, 0.2) is 59.0 Å². The lowest BCUT2D eigenvalue weighted by atomic mass is 9.41. The normalized spacial score (nSPS) is 36.1. The highest BCUT2D eigenvalue weighted by atomic mass is 16.8. The molecule has 19 nitrogen and oxygen atoms in total. The molecule has 3 aromatic carbocycles. The second-order valence-electron chi connectivity index (χ2n) is 14.7. The number of aromatic hydroxyl groups is 6. The van der Waals surface area contributed by atoms with Crippen LogP contribution in [0.3, 0.4) is 0 Å². The van der Waals surface area contributed by atoms with Gasteiger partial charge in [0.2, 0.25) is 0 Å². The summed E-state index contributed by atoms with van der Waals surface area (Å²) in [6.07, 6.45) is -10.6. The Hall–Kier alpha value is -5.41. The molecule has 3 aromatic rings. The molecule has 6 bridgehead atoms. The summed E-state index contributed by atoms with van der Waals surface area (Å²) in [7, 11) is 0. The van der Waals surface area contributed by atoms with Gasteiger partial charge in [-0.2, -0.15) is 0 Å². The Bertz CT molecular complexity index is 2060. The number of carbonyl (C=O) groups is 3. The highest BCUT2D eigenvalue weighted by Gasteiger charge is 2.94. The summed E-state index contributed by atoms with van der Waals surface area (Å²) in [4.78, 5) is 39.4. The van der Waals surface area contributed by atoms with Crippen LogP contribution in [-0.4, -0.2) is 131 Å². The van der Waals surface area contributed by atoms with Gasteiger partial charge in [-0.15, -0.1) is 0 Å². The molecule has 4 heterocycles. The lowest BCUT2D eigenvalue weighted by molar-refractivity contribution is -0.424. The van der Waals surface area contributed by atoms with Crippen LogP contribution in [0.15, 0.2) is 54.6 Å².